The highest BCUT2D eigenvalue weighted by Crippen LogP contribution is 2.01. The molecule has 0 unspecified atom stereocenters. The fourth-order valence-corrected chi connectivity index (χ4v) is 1.05. The van der Waals surface area contributed by atoms with Crippen LogP contribution in [0.25, 0.3) is 0 Å². The van der Waals surface area contributed by atoms with E-state index in [0.29, 0.717) is 0 Å². The van der Waals surface area contributed by atoms with Crippen molar-refractivity contribution in [1.29, 1.82) is 0 Å². The summed E-state index contributed by atoms with van der Waals surface area (Å²) in [4.78, 5) is 8.61. The highest BCUT2D eigenvalue weighted by molar-refractivity contribution is 5.02. The van der Waals surface area contributed by atoms with E-state index in [9.17, 15) is 0 Å². The number of hydrogen-bond acceptors (Lipinski definition) is 2. The first-order valence-corrected chi connectivity index (χ1v) is 4.66. The van der Waals surface area contributed by atoms with E-state index in [0.717, 1.165) is 24.2 Å². The quantitative estimate of drug-likeness (QED) is 0.682. The van der Waals surface area contributed by atoms with Gasteiger partial charge in [0.15, 0.2) is 0 Å². The first-order valence-electron chi connectivity index (χ1n) is 4.66. The molecule has 0 amide bonds. The van der Waals surface area contributed by atoms with Crippen molar-refractivity contribution in [3.63, 3.8) is 0 Å². The molecule has 0 bridgehead atoms. The lowest BCUT2D eigenvalue weighted by Crippen LogP contribution is -1.94. The first kappa shape index (κ1) is 9.17. The molecule has 0 saturated carbocycles. The van der Waals surface area contributed by atoms with E-state index in [1.807, 2.05) is 12.4 Å². The molecule has 1 rings (SSSR count). The van der Waals surface area contributed by atoms with Crippen molar-refractivity contribution < 1.29 is 0 Å². The van der Waals surface area contributed by atoms with Crippen molar-refractivity contribution >= 4 is 0 Å². The summed E-state index contributed by atoms with van der Waals surface area (Å²) in [6, 6.07) is 0. The molecule has 1 aromatic rings. The lowest BCUT2D eigenvalue weighted by atomic mass is 10.2. The predicted octanol–water partition coefficient (Wildman–Crippen LogP) is 2.38. The van der Waals surface area contributed by atoms with Crippen LogP contribution in [0.5, 0.6) is 0 Å². The van der Waals surface area contributed by atoms with Gasteiger partial charge >= 0.3 is 0 Å². The van der Waals surface area contributed by atoms with Crippen LogP contribution in [-0.4, -0.2) is 9.97 Å². The maximum atomic E-state index is 4.32. The van der Waals surface area contributed by atoms with Gasteiger partial charge in [0.25, 0.3) is 0 Å². The number of nitrogens with zero attached hydrogens (tertiary/aromatic N) is 2. The topological polar surface area (TPSA) is 25.8 Å². The van der Waals surface area contributed by atoms with E-state index in [1.54, 1.807) is 0 Å². The molecular formula is C10H16N2. The number of aromatic nitrogens is 2. The zero-order valence-corrected chi connectivity index (χ0v) is 7.88. The van der Waals surface area contributed by atoms with Crippen molar-refractivity contribution in [3.05, 3.63) is 23.8 Å². The van der Waals surface area contributed by atoms with Crippen LogP contribution in [0.4, 0.5) is 0 Å². The van der Waals surface area contributed by atoms with E-state index in [1.165, 1.54) is 12.8 Å². The van der Waals surface area contributed by atoms with Crippen LogP contribution in [0.1, 0.15) is 38.1 Å². The van der Waals surface area contributed by atoms with Crippen LogP contribution < -0.4 is 0 Å². The number of unbranched alkanes of at least 4 members (excludes halogenated alkanes) is 1. The third-order valence-electron chi connectivity index (χ3n) is 1.91. The molecule has 0 spiro atoms. The molecule has 1 aromatic heterocycles. The van der Waals surface area contributed by atoms with Crippen LogP contribution in [0.3, 0.4) is 0 Å². The summed E-state index contributed by atoms with van der Waals surface area (Å²) in [7, 11) is 0. The lowest BCUT2D eigenvalue weighted by Gasteiger charge is -1.99. The fourth-order valence-electron chi connectivity index (χ4n) is 1.05. The Labute approximate surface area is 74.1 Å². The Kier molecular flexibility index (Phi) is 3.71. The van der Waals surface area contributed by atoms with Gasteiger partial charge in [0, 0.05) is 12.4 Å². The van der Waals surface area contributed by atoms with Gasteiger partial charge in [-0.2, -0.15) is 0 Å². The lowest BCUT2D eigenvalue weighted by molar-refractivity contribution is 0.768. The molecule has 0 radical (unpaired) electrons. The van der Waals surface area contributed by atoms with Gasteiger partial charge in [-0.25, -0.2) is 0 Å². The van der Waals surface area contributed by atoms with E-state index in [-0.39, 0.29) is 0 Å². The Hall–Kier alpha value is -0.920. The van der Waals surface area contributed by atoms with Crippen LogP contribution in [0.15, 0.2) is 12.4 Å². The average Bonchev–Trinajstić information content (AvgIpc) is 2.15. The first-order chi connectivity index (χ1) is 5.86. The Balaban J connectivity index is 2.53. The molecular weight excluding hydrogens is 148 g/mol. The normalized spacial score (nSPS) is 10.2. The minimum atomic E-state index is 0.973. The third-order valence-corrected chi connectivity index (χ3v) is 1.91. The third kappa shape index (κ3) is 2.61. The van der Waals surface area contributed by atoms with E-state index < -0.39 is 0 Å². The second-order valence-electron chi connectivity index (χ2n) is 2.96. The van der Waals surface area contributed by atoms with Crippen molar-refractivity contribution in [3.8, 4) is 0 Å². The Morgan fingerprint density at radius 3 is 2.25 bits per heavy atom. The summed E-state index contributed by atoms with van der Waals surface area (Å²) < 4.78 is 0. The highest BCUT2D eigenvalue weighted by atomic mass is 14.8. The molecule has 2 heteroatoms. The summed E-state index contributed by atoms with van der Waals surface area (Å²) in [6.45, 7) is 4.28. The Bertz CT molecular complexity index is 216. The second kappa shape index (κ2) is 4.86. The molecule has 0 N–H and O–H groups in total. The van der Waals surface area contributed by atoms with Crippen molar-refractivity contribution in [2.75, 3.05) is 0 Å². The molecule has 0 aromatic carbocycles. The molecule has 0 atom stereocenters. The van der Waals surface area contributed by atoms with Crippen LogP contribution in [0.2, 0.25) is 0 Å². The zero-order chi connectivity index (χ0) is 8.81. The second-order valence-corrected chi connectivity index (χ2v) is 2.96. The summed E-state index contributed by atoms with van der Waals surface area (Å²) in [5, 5.41) is 0. The van der Waals surface area contributed by atoms with Crippen molar-refractivity contribution in [2.45, 2.75) is 39.5 Å². The average molecular weight is 164 g/mol. The van der Waals surface area contributed by atoms with Gasteiger partial charge in [-0.1, -0.05) is 20.3 Å². The minimum absolute atomic E-state index is 0.973. The van der Waals surface area contributed by atoms with E-state index >= 15 is 0 Å². The predicted molar refractivity (Wildman–Crippen MR) is 50.0 cm³/mol. The van der Waals surface area contributed by atoms with Gasteiger partial charge in [0.2, 0.25) is 0 Å². The van der Waals surface area contributed by atoms with Gasteiger partial charge in [-0.15, -0.1) is 0 Å². The van der Waals surface area contributed by atoms with Crippen LogP contribution in [0, 0.1) is 0 Å². The Morgan fingerprint density at radius 1 is 1.08 bits per heavy atom. The fraction of sp³-hybridized carbons (Fsp3) is 0.600. The van der Waals surface area contributed by atoms with Gasteiger partial charge < -0.3 is 0 Å². The highest BCUT2D eigenvalue weighted by Gasteiger charge is 1.94. The van der Waals surface area contributed by atoms with E-state index in [4.69, 9.17) is 0 Å². The summed E-state index contributed by atoms with van der Waals surface area (Å²) in [6.07, 6.45) is 8.24. The molecule has 2 nitrogen and oxygen atoms in total. The molecule has 0 fully saturated rings. The maximum absolute atomic E-state index is 4.32. The van der Waals surface area contributed by atoms with Crippen molar-refractivity contribution in [2.24, 2.45) is 0 Å². The summed E-state index contributed by atoms with van der Waals surface area (Å²) in [5.41, 5.74) is 2.20. The standard InChI is InChI=1S/C10H16N2/c1-3-5-6-10-8-11-9(4-2)7-12-10/h7-8H,3-6H2,1-2H3. The van der Waals surface area contributed by atoms with Crippen LogP contribution >= 0.6 is 0 Å². The largest absolute Gasteiger partial charge is 0.258 e. The Morgan fingerprint density at radius 2 is 1.75 bits per heavy atom. The monoisotopic (exact) mass is 164 g/mol. The molecule has 1 heterocycles. The van der Waals surface area contributed by atoms with Gasteiger partial charge in [0.05, 0.1) is 11.4 Å². The SMILES string of the molecule is CCCCc1cnc(CC)cn1. The van der Waals surface area contributed by atoms with E-state index in [2.05, 4.69) is 23.8 Å². The van der Waals surface area contributed by atoms with Gasteiger partial charge in [0.1, 0.15) is 0 Å². The number of aryl methyl sites for hydroxylation is 2. The molecule has 0 aliphatic rings. The van der Waals surface area contributed by atoms with Gasteiger partial charge in [-0.3, -0.25) is 9.97 Å². The summed E-state index contributed by atoms with van der Waals surface area (Å²) in [5.74, 6) is 0. The number of rotatable bonds is 4. The smallest absolute Gasteiger partial charge is 0.0586 e. The van der Waals surface area contributed by atoms with Gasteiger partial charge in [-0.05, 0) is 19.3 Å². The molecule has 0 aliphatic carbocycles. The molecule has 66 valence electrons. The number of hydrogen-bond donors (Lipinski definition) is 0. The maximum Gasteiger partial charge on any atom is 0.0586 e. The molecule has 0 saturated heterocycles. The van der Waals surface area contributed by atoms with Crippen molar-refractivity contribution in [1.82, 2.24) is 9.97 Å². The molecule has 12 heavy (non-hydrogen) atoms. The molecule has 0 aliphatic heterocycles. The zero-order valence-electron chi connectivity index (χ0n) is 7.88. The minimum Gasteiger partial charge on any atom is -0.258 e. The van der Waals surface area contributed by atoms with Crippen LogP contribution in [-0.2, 0) is 12.8 Å². The summed E-state index contributed by atoms with van der Waals surface area (Å²) >= 11 is 0.